The summed E-state index contributed by atoms with van der Waals surface area (Å²) in [6.45, 7) is 8.03. The van der Waals surface area contributed by atoms with Gasteiger partial charge < -0.3 is 25.0 Å². The Kier molecular flexibility index (Phi) is 7.82. The highest BCUT2D eigenvalue weighted by molar-refractivity contribution is 5.80. The van der Waals surface area contributed by atoms with Crippen LogP contribution >= 0.6 is 0 Å². The standard InChI is InChI=1S/C22H34N6O2/c1-5-23-22(24-13-17-9-10-20(29-4)21(12-17)30-6-2)26-18-8-7-11-28(15-18)19-14-25-27(3)16-19/h9-10,12,14,16,18H,5-8,11,13,15H2,1-4H3,(H2,23,24,26). The number of rotatable bonds is 8. The van der Waals surface area contributed by atoms with Crippen LogP contribution in [0.5, 0.6) is 11.5 Å². The van der Waals surface area contributed by atoms with Gasteiger partial charge in [-0.25, -0.2) is 4.99 Å². The minimum atomic E-state index is 0.339. The van der Waals surface area contributed by atoms with Gasteiger partial charge in [-0.1, -0.05) is 6.07 Å². The summed E-state index contributed by atoms with van der Waals surface area (Å²) in [4.78, 5) is 7.18. The van der Waals surface area contributed by atoms with E-state index in [4.69, 9.17) is 14.5 Å². The van der Waals surface area contributed by atoms with Crippen molar-refractivity contribution in [2.75, 3.05) is 38.3 Å². The van der Waals surface area contributed by atoms with Gasteiger partial charge in [0, 0.05) is 38.9 Å². The Bertz CT molecular complexity index is 835. The molecule has 0 aliphatic carbocycles. The predicted molar refractivity (Wildman–Crippen MR) is 121 cm³/mol. The minimum absolute atomic E-state index is 0.339. The van der Waals surface area contributed by atoms with Crippen LogP contribution in [-0.4, -0.2) is 55.1 Å². The first-order valence-corrected chi connectivity index (χ1v) is 10.7. The number of aryl methyl sites for hydroxylation is 1. The quantitative estimate of drug-likeness (QED) is 0.511. The molecule has 2 N–H and O–H groups in total. The van der Waals surface area contributed by atoms with Crippen molar-refractivity contribution in [1.29, 1.82) is 0 Å². The summed E-state index contributed by atoms with van der Waals surface area (Å²) < 4.78 is 12.9. The average molecular weight is 415 g/mol. The summed E-state index contributed by atoms with van der Waals surface area (Å²) in [6.07, 6.45) is 6.27. The second-order valence-corrected chi connectivity index (χ2v) is 7.42. The zero-order chi connectivity index (χ0) is 21.3. The summed E-state index contributed by atoms with van der Waals surface area (Å²) in [6, 6.07) is 6.30. The summed E-state index contributed by atoms with van der Waals surface area (Å²) in [7, 11) is 3.61. The average Bonchev–Trinajstić information content (AvgIpc) is 3.19. The van der Waals surface area contributed by atoms with Crippen LogP contribution in [0, 0.1) is 0 Å². The molecule has 1 saturated heterocycles. The SMILES string of the molecule is CCNC(=NCc1ccc(OC)c(OCC)c1)NC1CCCN(c2cnn(C)c2)C1. The summed E-state index contributed by atoms with van der Waals surface area (Å²) in [5.74, 6) is 2.33. The maximum atomic E-state index is 5.68. The van der Waals surface area contributed by atoms with E-state index in [0.717, 1.165) is 55.5 Å². The first-order chi connectivity index (χ1) is 14.6. The molecule has 1 aromatic carbocycles. The molecule has 0 amide bonds. The van der Waals surface area contributed by atoms with E-state index in [9.17, 15) is 0 Å². The Balaban J connectivity index is 1.65. The van der Waals surface area contributed by atoms with Gasteiger partial charge in [0.1, 0.15) is 0 Å². The molecule has 3 rings (SSSR count). The molecule has 30 heavy (non-hydrogen) atoms. The van der Waals surface area contributed by atoms with Gasteiger partial charge in [-0.2, -0.15) is 5.10 Å². The first kappa shape index (κ1) is 21.8. The summed E-state index contributed by atoms with van der Waals surface area (Å²) >= 11 is 0. The molecule has 0 saturated carbocycles. The molecule has 1 fully saturated rings. The van der Waals surface area contributed by atoms with Gasteiger partial charge in [-0.05, 0) is 44.4 Å². The number of guanidine groups is 1. The third-order valence-corrected chi connectivity index (χ3v) is 5.11. The second kappa shape index (κ2) is 10.8. The highest BCUT2D eigenvalue weighted by atomic mass is 16.5. The van der Waals surface area contributed by atoms with Crippen LogP contribution in [0.25, 0.3) is 0 Å². The van der Waals surface area contributed by atoms with Crippen LogP contribution in [0.1, 0.15) is 32.3 Å². The Labute approximate surface area is 179 Å². The minimum Gasteiger partial charge on any atom is -0.493 e. The van der Waals surface area contributed by atoms with Crippen molar-refractivity contribution >= 4 is 11.6 Å². The van der Waals surface area contributed by atoms with Crippen LogP contribution < -0.4 is 25.0 Å². The van der Waals surface area contributed by atoms with E-state index in [1.54, 1.807) is 7.11 Å². The van der Waals surface area contributed by atoms with Gasteiger partial charge in [0.15, 0.2) is 17.5 Å². The Morgan fingerprint density at radius 1 is 1.30 bits per heavy atom. The van der Waals surface area contributed by atoms with Gasteiger partial charge in [0.05, 0.1) is 32.1 Å². The van der Waals surface area contributed by atoms with Gasteiger partial charge in [-0.3, -0.25) is 4.68 Å². The van der Waals surface area contributed by atoms with E-state index in [2.05, 4.69) is 33.8 Å². The molecule has 1 aromatic heterocycles. The van der Waals surface area contributed by atoms with Gasteiger partial charge in [0.2, 0.25) is 0 Å². The maximum Gasteiger partial charge on any atom is 0.191 e. The molecule has 2 aromatic rings. The third-order valence-electron chi connectivity index (χ3n) is 5.11. The number of hydrogen-bond donors (Lipinski definition) is 2. The fraction of sp³-hybridized carbons (Fsp3) is 0.545. The lowest BCUT2D eigenvalue weighted by molar-refractivity contribution is 0.310. The highest BCUT2D eigenvalue weighted by Gasteiger charge is 2.21. The first-order valence-electron chi connectivity index (χ1n) is 10.7. The van der Waals surface area contributed by atoms with E-state index in [-0.39, 0.29) is 0 Å². The Morgan fingerprint density at radius 2 is 2.17 bits per heavy atom. The summed E-state index contributed by atoms with van der Waals surface area (Å²) in [5, 5.41) is 11.3. The molecule has 0 radical (unpaired) electrons. The van der Waals surface area contributed by atoms with E-state index in [1.165, 1.54) is 5.69 Å². The van der Waals surface area contributed by atoms with E-state index in [1.807, 2.05) is 43.0 Å². The molecule has 0 bridgehead atoms. The number of nitrogens with one attached hydrogen (secondary N) is 2. The van der Waals surface area contributed by atoms with Crippen LogP contribution in [0.3, 0.4) is 0 Å². The van der Waals surface area contributed by atoms with E-state index >= 15 is 0 Å². The molecular formula is C22H34N6O2. The number of aliphatic imine (C=N–C) groups is 1. The van der Waals surface area contributed by atoms with Crippen LogP contribution in [-0.2, 0) is 13.6 Å². The number of anilines is 1. The lowest BCUT2D eigenvalue weighted by Gasteiger charge is -2.34. The van der Waals surface area contributed by atoms with Crippen LogP contribution in [0.4, 0.5) is 5.69 Å². The number of nitrogens with zero attached hydrogens (tertiary/aromatic N) is 4. The Hall–Kier alpha value is -2.90. The van der Waals surface area contributed by atoms with Crippen molar-refractivity contribution in [1.82, 2.24) is 20.4 Å². The molecule has 1 aliphatic rings. The number of benzene rings is 1. The third kappa shape index (κ3) is 5.81. The van der Waals surface area contributed by atoms with Crippen molar-refractivity contribution in [3.63, 3.8) is 0 Å². The topological polar surface area (TPSA) is 75.9 Å². The van der Waals surface area contributed by atoms with Crippen molar-refractivity contribution in [3.05, 3.63) is 36.2 Å². The molecule has 164 valence electrons. The fourth-order valence-corrected chi connectivity index (χ4v) is 3.67. The largest absolute Gasteiger partial charge is 0.493 e. The lowest BCUT2D eigenvalue weighted by atomic mass is 10.1. The van der Waals surface area contributed by atoms with Crippen molar-refractivity contribution in [2.45, 2.75) is 39.3 Å². The number of aromatic nitrogens is 2. The second-order valence-electron chi connectivity index (χ2n) is 7.42. The predicted octanol–water partition coefficient (Wildman–Crippen LogP) is 2.55. The maximum absolute atomic E-state index is 5.68. The van der Waals surface area contributed by atoms with Crippen LogP contribution in [0.2, 0.25) is 0 Å². The Morgan fingerprint density at radius 3 is 2.87 bits per heavy atom. The molecule has 8 nitrogen and oxygen atoms in total. The number of methoxy groups -OCH3 is 1. The van der Waals surface area contributed by atoms with Gasteiger partial charge in [0.25, 0.3) is 0 Å². The molecule has 0 spiro atoms. The fourth-order valence-electron chi connectivity index (χ4n) is 3.67. The van der Waals surface area contributed by atoms with Crippen molar-refractivity contribution < 1.29 is 9.47 Å². The number of ether oxygens (including phenoxy) is 2. The monoisotopic (exact) mass is 414 g/mol. The molecular weight excluding hydrogens is 380 g/mol. The molecule has 1 aliphatic heterocycles. The normalized spacial score (nSPS) is 17.0. The smallest absolute Gasteiger partial charge is 0.191 e. The van der Waals surface area contributed by atoms with E-state index < -0.39 is 0 Å². The number of hydrogen-bond acceptors (Lipinski definition) is 5. The van der Waals surface area contributed by atoms with Crippen molar-refractivity contribution in [2.24, 2.45) is 12.0 Å². The molecule has 1 atom stereocenters. The summed E-state index contributed by atoms with van der Waals surface area (Å²) in [5.41, 5.74) is 2.25. The van der Waals surface area contributed by atoms with E-state index in [0.29, 0.717) is 19.2 Å². The zero-order valence-corrected chi connectivity index (χ0v) is 18.5. The van der Waals surface area contributed by atoms with Gasteiger partial charge in [-0.15, -0.1) is 0 Å². The lowest BCUT2D eigenvalue weighted by Crippen LogP contribution is -2.51. The van der Waals surface area contributed by atoms with Crippen molar-refractivity contribution in [3.8, 4) is 11.5 Å². The van der Waals surface area contributed by atoms with Gasteiger partial charge >= 0.3 is 0 Å². The highest BCUT2D eigenvalue weighted by Crippen LogP contribution is 2.28. The molecule has 1 unspecified atom stereocenters. The molecule has 2 heterocycles. The zero-order valence-electron chi connectivity index (χ0n) is 18.5. The molecule has 8 heteroatoms. The van der Waals surface area contributed by atoms with Crippen LogP contribution in [0.15, 0.2) is 35.6 Å². The number of piperidine rings is 1.